The van der Waals surface area contributed by atoms with Crippen molar-refractivity contribution in [2.75, 3.05) is 4.90 Å². The maximum absolute atomic E-state index is 7.12. The molecule has 92 heavy (non-hydrogen) atoms. The second-order valence-electron chi connectivity index (χ2n) is 28.2. The van der Waals surface area contributed by atoms with Crippen molar-refractivity contribution in [3.63, 3.8) is 0 Å². The van der Waals surface area contributed by atoms with Gasteiger partial charge in [0.15, 0.2) is 0 Å². The van der Waals surface area contributed by atoms with Crippen LogP contribution in [-0.4, -0.2) is 0 Å². The first-order chi connectivity index (χ1) is 44.9. The third-order valence-corrected chi connectivity index (χ3v) is 23.0. The molecule has 0 N–H and O–H groups in total. The predicted molar refractivity (Wildman–Crippen MR) is 378 cm³/mol. The molecule has 2 spiro atoms. The van der Waals surface area contributed by atoms with Gasteiger partial charge in [0, 0.05) is 49.3 Å². The molecule has 0 saturated heterocycles. The second-order valence-corrected chi connectivity index (χ2v) is 28.2. The van der Waals surface area contributed by atoms with E-state index in [1.165, 1.54) is 167 Å². The molecule has 15 aromatic rings. The van der Waals surface area contributed by atoms with E-state index in [9.17, 15) is 0 Å². The fraction of sp³-hybridized carbons (Fsp3) is 0.124. The minimum absolute atomic E-state index is 0.265. The van der Waals surface area contributed by atoms with Crippen molar-refractivity contribution in [1.29, 1.82) is 0 Å². The second kappa shape index (κ2) is 17.0. The molecule has 0 fully saturated rings. The Labute approximate surface area is 534 Å². The van der Waals surface area contributed by atoms with Crippen LogP contribution in [0.15, 0.2) is 251 Å². The largest absolute Gasteiger partial charge is 0.456 e. The summed E-state index contributed by atoms with van der Waals surface area (Å²) in [7, 11) is 0. The summed E-state index contributed by atoms with van der Waals surface area (Å²) in [5.74, 6) is 0. The van der Waals surface area contributed by atoms with Crippen LogP contribution >= 0.6 is 0 Å². The van der Waals surface area contributed by atoms with Crippen molar-refractivity contribution < 1.29 is 8.83 Å². The maximum atomic E-state index is 7.12. The Morgan fingerprint density at radius 1 is 0.293 bits per heavy atom. The molecule has 0 saturated carbocycles. The van der Waals surface area contributed by atoms with Crippen LogP contribution in [0.5, 0.6) is 0 Å². The van der Waals surface area contributed by atoms with Crippen LogP contribution in [-0.2, 0) is 21.7 Å². The highest BCUT2D eigenvalue weighted by atomic mass is 16.3. The summed E-state index contributed by atoms with van der Waals surface area (Å²) in [6.07, 6.45) is 0. The molecule has 0 radical (unpaired) electrons. The van der Waals surface area contributed by atoms with E-state index in [-0.39, 0.29) is 10.8 Å². The SMILES string of the molecule is Cc1cc(C)c(N(c2ccc3c(c2)C(C)(C)c2c4c(c5oc6ccccc6c5c2-3)-c2ccccc2C4(C)C)c2ccc3c(c2)C2(c4ccccc4-c4ccccc42)c2cc4c(cc2-3)C2(c3ccccc3-c3ccccc32)c2ccc3oc5ccccc5c3c2-4)c(C)c1. The fourth-order valence-electron chi connectivity index (χ4n) is 19.8. The van der Waals surface area contributed by atoms with E-state index >= 15 is 0 Å². The van der Waals surface area contributed by atoms with E-state index in [2.05, 4.69) is 296 Å². The lowest BCUT2D eigenvalue weighted by molar-refractivity contribution is 0.600. The number of anilines is 3. The summed E-state index contributed by atoms with van der Waals surface area (Å²) in [6, 6.07) is 93.0. The number of hydrogen-bond acceptors (Lipinski definition) is 3. The smallest absolute Gasteiger partial charge is 0.144 e. The van der Waals surface area contributed by atoms with Crippen LogP contribution in [0.4, 0.5) is 17.1 Å². The zero-order valence-electron chi connectivity index (χ0n) is 52.4. The van der Waals surface area contributed by atoms with Gasteiger partial charge >= 0.3 is 0 Å². The molecule has 3 nitrogen and oxygen atoms in total. The van der Waals surface area contributed by atoms with Gasteiger partial charge in [-0.25, -0.2) is 0 Å². The average Bonchev–Trinajstić information content (AvgIpc) is 1.49. The monoisotopic (exact) mass is 1180 g/mol. The molecular weight excluding hydrogens is 1110 g/mol. The van der Waals surface area contributed by atoms with Gasteiger partial charge in [-0.15, -0.1) is 0 Å². The third-order valence-electron chi connectivity index (χ3n) is 23.0. The topological polar surface area (TPSA) is 29.5 Å². The van der Waals surface area contributed by atoms with E-state index in [0.717, 1.165) is 44.5 Å². The van der Waals surface area contributed by atoms with E-state index in [1.807, 2.05) is 0 Å². The van der Waals surface area contributed by atoms with Gasteiger partial charge in [0.2, 0.25) is 0 Å². The first kappa shape index (κ1) is 51.1. The Morgan fingerprint density at radius 2 is 0.728 bits per heavy atom. The van der Waals surface area contributed by atoms with Crippen LogP contribution in [0, 0.1) is 20.8 Å². The minimum Gasteiger partial charge on any atom is -0.456 e. The van der Waals surface area contributed by atoms with Crippen LogP contribution < -0.4 is 4.90 Å². The Kier molecular flexibility index (Phi) is 9.43. The molecule has 6 aliphatic carbocycles. The van der Waals surface area contributed by atoms with Crippen LogP contribution in [0.1, 0.15) is 111 Å². The van der Waals surface area contributed by atoms with E-state index < -0.39 is 10.8 Å². The van der Waals surface area contributed by atoms with Gasteiger partial charge in [-0.1, -0.05) is 221 Å². The van der Waals surface area contributed by atoms with Gasteiger partial charge in [0.05, 0.1) is 16.5 Å². The number of furan rings is 2. The normalized spacial score (nSPS) is 15.7. The van der Waals surface area contributed by atoms with Crippen molar-refractivity contribution in [1.82, 2.24) is 0 Å². The molecule has 2 heterocycles. The Balaban J connectivity index is 0.845. The Bertz CT molecular complexity index is 5840. The van der Waals surface area contributed by atoms with Crippen molar-refractivity contribution in [3.8, 4) is 66.8 Å². The molecule has 21 rings (SSSR count). The Morgan fingerprint density at radius 3 is 1.35 bits per heavy atom. The molecule has 0 bridgehead atoms. The first-order valence-electron chi connectivity index (χ1n) is 32.7. The van der Waals surface area contributed by atoms with Crippen molar-refractivity contribution in [3.05, 3.63) is 326 Å². The van der Waals surface area contributed by atoms with Crippen molar-refractivity contribution >= 4 is 60.9 Å². The summed E-state index contributed by atoms with van der Waals surface area (Å²) >= 11 is 0. The number of rotatable bonds is 3. The number of aryl methyl sites for hydroxylation is 3. The molecule has 3 heteroatoms. The number of fused-ring (bicyclic) bond motifs is 36. The zero-order valence-corrected chi connectivity index (χ0v) is 52.4. The molecule has 6 aliphatic rings. The van der Waals surface area contributed by atoms with Gasteiger partial charge in [-0.3, -0.25) is 0 Å². The maximum Gasteiger partial charge on any atom is 0.144 e. The van der Waals surface area contributed by atoms with Gasteiger partial charge in [0.25, 0.3) is 0 Å². The van der Waals surface area contributed by atoms with Gasteiger partial charge in [-0.2, -0.15) is 0 Å². The summed E-state index contributed by atoms with van der Waals surface area (Å²) in [5.41, 5.74) is 40.4. The standard InChI is InChI=1S/C89H61NO2/c1-48-42-49(2)84(50(3)43-48)90(51-37-39-59-70(44-51)87(6,7)82-79(59)80-61-28-14-21-35-75(61)92-85(80)81-58-26-12-15-29-64(58)86(4,5)83(81)82)52-36-38-57-62-46-73-63(47-72(62)89(71(57)45-52)67-32-18-10-24-55(67)56-25-11-19-33-68(56)89)77-69(40-41-76-78(77)60-27-13-20-34-74(60)91-76)88(73)65-30-16-8-22-53(65)54-23-9-17-31-66(54)88/h8-47H,1-7H3. The average molecular weight is 1180 g/mol. The highest BCUT2D eigenvalue weighted by Crippen LogP contribution is 2.70. The molecule has 0 unspecified atom stereocenters. The van der Waals surface area contributed by atoms with Gasteiger partial charge in [0.1, 0.15) is 22.3 Å². The van der Waals surface area contributed by atoms with E-state index in [4.69, 9.17) is 8.83 Å². The number of hydrogen-bond donors (Lipinski definition) is 0. The zero-order chi connectivity index (χ0) is 61.2. The van der Waals surface area contributed by atoms with Crippen LogP contribution in [0.2, 0.25) is 0 Å². The van der Waals surface area contributed by atoms with Crippen molar-refractivity contribution in [2.24, 2.45) is 0 Å². The molecule has 13 aromatic carbocycles. The van der Waals surface area contributed by atoms with Gasteiger partial charge in [-0.05, 0) is 214 Å². The lowest BCUT2D eigenvalue weighted by Gasteiger charge is -2.34. The Hall–Kier alpha value is -10.7. The van der Waals surface area contributed by atoms with Crippen LogP contribution in [0.3, 0.4) is 0 Å². The minimum atomic E-state index is -0.676. The molecule has 0 atom stereocenters. The first-order valence-corrected chi connectivity index (χ1v) is 32.7. The highest BCUT2D eigenvalue weighted by Gasteiger charge is 2.57. The molecule has 0 aliphatic heterocycles. The summed E-state index contributed by atoms with van der Waals surface area (Å²) in [5, 5.41) is 4.70. The quantitative estimate of drug-likeness (QED) is 0.177. The van der Waals surface area contributed by atoms with E-state index in [0.29, 0.717) is 0 Å². The fourth-order valence-corrected chi connectivity index (χ4v) is 19.8. The molecule has 2 aromatic heterocycles. The van der Waals surface area contributed by atoms with E-state index in [1.54, 1.807) is 0 Å². The summed E-state index contributed by atoms with van der Waals surface area (Å²) in [4.78, 5) is 2.61. The lowest BCUT2D eigenvalue weighted by Crippen LogP contribution is -2.27. The molecule has 434 valence electrons. The van der Waals surface area contributed by atoms with Gasteiger partial charge < -0.3 is 13.7 Å². The predicted octanol–water partition coefficient (Wildman–Crippen LogP) is 23.2. The number of nitrogens with zero attached hydrogens (tertiary/aromatic N) is 1. The molecule has 0 amide bonds. The number of benzene rings is 13. The lowest BCUT2D eigenvalue weighted by atomic mass is 9.68. The van der Waals surface area contributed by atoms with Crippen molar-refractivity contribution in [2.45, 2.75) is 70.1 Å². The molecular formula is C89H61NO2. The summed E-state index contributed by atoms with van der Waals surface area (Å²) in [6.45, 7) is 16.7. The van der Waals surface area contributed by atoms with Crippen LogP contribution in [0.25, 0.3) is 111 Å². The highest BCUT2D eigenvalue weighted by molar-refractivity contribution is 6.21. The number of para-hydroxylation sites is 2. The third kappa shape index (κ3) is 5.80. The summed E-state index contributed by atoms with van der Waals surface area (Å²) < 4.78 is 14.0.